The molecule has 0 amide bonds. The Morgan fingerprint density at radius 1 is 1.39 bits per heavy atom. The molecule has 0 heterocycles. The summed E-state index contributed by atoms with van der Waals surface area (Å²) in [4.78, 5) is 11.1. The van der Waals surface area contributed by atoms with Crippen molar-refractivity contribution in [3.63, 3.8) is 0 Å². The number of ether oxygens (including phenoxy) is 1. The third-order valence-corrected chi connectivity index (χ3v) is 2.58. The van der Waals surface area contributed by atoms with Gasteiger partial charge in [0.1, 0.15) is 0 Å². The molecular weight excluding hydrogens is 228 g/mol. The molecule has 0 atom stereocenters. The first kappa shape index (κ1) is 14.3. The second-order valence-electron chi connectivity index (χ2n) is 4.00. The molecule has 0 bridgehead atoms. The van der Waals surface area contributed by atoms with Crippen molar-refractivity contribution < 1.29 is 14.6 Å². The summed E-state index contributed by atoms with van der Waals surface area (Å²) in [5.74, 6) is 0.830. The van der Waals surface area contributed by atoms with Gasteiger partial charge in [-0.05, 0) is 43.5 Å². The number of carbonyl (C=O) groups is 1. The maximum Gasteiger partial charge on any atom is 0.161 e. The molecule has 0 aliphatic heterocycles. The number of rotatable bonds is 7. The minimum absolute atomic E-state index is 0.149. The molecule has 0 aliphatic rings. The maximum absolute atomic E-state index is 11.1. The number of ketones is 1. The Bertz CT molecular complexity index is 422. The third-order valence-electron chi connectivity index (χ3n) is 2.58. The molecule has 3 heteroatoms. The van der Waals surface area contributed by atoms with E-state index in [2.05, 4.69) is 0 Å². The number of hydrogen-bond acceptors (Lipinski definition) is 3. The lowest BCUT2D eigenvalue weighted by molar-refractivity contribution is -0.114. The highest BCUT2D eigenvalue weighted by Crippen LogP contribution is 2.27. The zero-order valence-electron chi connectivity index (χ0n) is 11.0. The highest BCUT2D eigenvalue weighted by Gasteiger charge is 2.02. The van der Waals surface area contributed by atoms with Crippen molar-refractivity contribution >= 4 is 5.78 Å². The minimum Gasteiger partial charge on any atom is -0.504 e. The van der Waals surface area contributed by atoms with Gasteiger partial charge in [-0.3, -0.25) is 4.79 Å². The molecule has 0 fully saturated rings. The lowest BCUT2D eigenvalue weighted by Gasteiger charge is -2.07. The van der Waals surface area contributed by atoms with Crippen LogP contribution in [0.1, 0.15) is 32.3 Å². The van der Waals surface area contributed by atoms with Crippen LogP contribution >= 0.6 is 0 Å². The van der Waals surface area contributed by atoms with Gasteiger partial charge in [0.2, 0.25) is 0 Å². The summed E-state index contributed by atoms with van der Waals surface area (Å²) in [6.45, 7) is 4.26. The first-order chi connectivity index (χ1) is 8.67. The van der Waals surface area contributed by atoms with E-state index in [1.165, 1.54) is 0 Å². The molecule has 1 rings (SSSR count). The van der Waals surface area contributed by atoms with E-state index >= 15 is 0 Å². The predicted molar refractivity (Wildman–Crippen MR) is 72.0 cm³/mol. The predicted octanol–water partition coefficient (Wildman–Crippen LogP) is 3.26. The van der Waals surface area contributed by atoms with Crippen LogP contribution in [0.25, 0.3) is 0 Å². The molecule has 1 aromatic carbocycles. The molecule has 0 spiro atoms. The molecule has 18 heavy (non-hydrogen) atoms. The molecule has 0 aliphatic carbocycles. The summed E-state index contributed by atoms with van der Waals surface area (Å²) >= 11 is 0. The van der Waals surface area contributed by atoms with Gasteiger partial charge in [-0.15, -0.1) is 0 Å². The third kappa shape index (κ3) is 4.62. The van der Waals surface area contributed by atoms with Gasteiger partial charge in [0, 0.05) is 6.42 Å². The van der Waals surface area contributed by atoms with E-state index in [9.17, 15) is 9.90 Å². The van der Waals surface area contributed by atoms with Crippen LogP contribution in [0.15, 0.2) is 30.4 Å². The zero-order valence-corrected chi connectivity index (χ0v) is 11.0. The lowest BCUT2D eigenvalue weighted by Crippen LogP contribution is -1.93. The Kier molecular flexibility index (Phi) is 5.98. The smallest absolute Gasteiger partial charge is 0.161 e. The number of aromatic hydroxyl groups is 1. The molecule has 1 N–H and O–H groups in total. The van der Waals surface area contributed by atoms with Crippen LogP contribution in [0.2, 0.25) is 0 Å². The normalized spacial score (nSPS) is 10.8. The Labute approximate surface area is 108 Å². The van der Waals surface area contributed by atoms with E-state index in [1.54, 1.807) is 12.1 Å². The van der Waals surface area contributed by atoms with Crippen LogP contribution in [0.5, 0.6) is 11.5 Å². The quantitative estimate of drug-likeness (QED) is 0.753. The van der Waals surface area contributed by atoms with Gasteiger partial charge in [0.15, 0.2) is 17.3 Å². The van der Waals surface area contributed by atoms with Crippen LogP contribution in [0.4, 0.5) is 0 Å². The van der Waals surface area contributed by atoms with Crippen LogP contribution in [-0.4, -0.2) is 17.5 Å². The van der Waals surface area contributed by atoms with Crippen molar-refractivity contribution in [2.75, 3.05) is 6.61 Å². The van der Waals surface area contributed by atoms with Gasteiger partial charge in [0.05, 0.1) is 6.61 Å². The average molecular weight is 248 g/mol. The summed E-state index contributed by atoms with van der Waals surface area (Å²) in [5.41, 5.74) is 1.09. The van der Waals surface area contributed by atoms with Crippen LogP contribution in [-0.2, 0) is 11.2 Å². The first-order valence-electron chi connectivity index (χ1n) is 6.31. The fraction of sp³-hybridized carbons (Fsp3) is 0.400. The van der Waals surface area contributed by atoms with E-state index in [4.69, 9.17) is 4.74 Å². The van der Waals surface area contributed by atoms with Crippen LogP contribution in [0.3, 0.4) is 0 Å². The monoisotopic (exact) mass is 248 g/mol. The SMILES string of the molecule is CCOc1cc(CCC=CC(=O)CC)ccc1O. The maximum atomic E-state index is 11.1. The highest BCUT2D eigenvalue weighted by atomic mass is 16.5. The molecule has 98 valence electrons. The average Bonchev–Trinajstić information content (AvgIpc) is 2.38. The van der Waals surface area contributed by atoms with Gasteiger partial charge >= 0.3 is 0 Å². The fourth-order valence-corrected chi connectivity index (χ4v) is 1.57. The van der Waals surface area contributed by atoms with E-state index in [0.717, 1.165) is 18.4 Å². The molecule has 0 saturated heterocycles. The van der Waals surface area contributed by atoms with E-state index in [0.29, 0.717) is 18.8 Å². The molecule has 0 saturated carbocycles. The molecule has 1 aromatic rings. The van der Waals surface area contributed by atoms with E-state index in [1.807, 2.05) is 32.1 Å². The molecule has 0 aromatic heterocycles. The molecule has 3 nitrogen and oxygen atoms in total. The van der Waals surface area contributed by atoms with Crippen molar-refractivity contribution in [2.45, 2.75) is 33.1 Å². The topological polar surface area (TPSA) is 46.5 Å². The summed E-state index contributed by atoms with van der Waals surface area (Å²) in [6.07, 6.45) is 5.70. The van der Waals surface area contributed by atoms with Crippen molar-refractivity contribution in [1.29, 1.82) is 0 Å². The van der Waals surface area contributed by atoms with Gasteiger partial charge in [-0.1, -0.05) is 19.1 Å². The van der Waals surface area contributed by atoms with Crippen LogP contribution in [0, 0.1) is 0 Å². The largest absolute Gasteiger partial charge is 0.504 e. The van der Waals surface area contributed by atoms with Gasteiger partial charge in [-0.2, -0.15) is 0 Å². The Hall–Kier alpha value is -1.77. The van der Waals surface area contributed by atoms with Crippen molar-refractivity contribution in [3.05, 3.63) is 35.9 Å². The lowest BCUT2D eigenvalue weighted by atomic mass is 10.1. The zero-order chi connectivity index (χ0) is 13.4. The van der Waals surface area contributed by atoms with E-state index < -0.39 is 0 Å². The number of benzene rings is 1. The second-order valence-corrected chi connectivity index (χ2v) is 4.00. The van der Waals surface area contributed by atoms with Crippen LogP contribution < -0.4 is 4.74 Å². The second kappa shape index (κ2) is 7.54. The summed E-state index contributed by atoms with van der Waals surface area (Å²) in [7, 11) is 0. The fourth-order valence-electron chi connectivity index (χ4n) is 1.57. The molecule has 0 radical (unpaired) electrons. The minimum atomic E-state index is 0.149. The first-order valence-corrected chi connectivity index (χ1v) is 6.31. The number of phenols is 1. The van der Waals surface area contributed by atoms with Gasteiger partial charge < -0.3 is 9.84 Å². The number of aryl methyl sites for hydroxylation is 1. The van der Waals surface area contributed by atoms with Crippen molar-refractivity contribution in [3.8, 4) is 11.5 Å². The number of carbonyl (C=O) groups excluding carboxylic acids is 1. The number of allylic oxidation sites excluding steroid dienone is 2. The molecular formula is C15H20O3. The van der Waals surface area contributed by atoms with Gasteiger partial charge in [-0.25, -0.2) is 0 Å². The summed E-state index contributed by atoms with van der Waals surface area (Å²) in [6, 6.07) is 5.35. The standard InChI is InChI=1S/C15H20O3/c1-3-13(16)8-6-5-7-12-9-10-14(17)15(11-12)18-4-2/h6,8-11,17H,3-5,7H2,1-2H3. The molecule has 0 unspecified atom stereocenters. The Morgan fingerprint density at radius 2 is 2.17 bits per heavy atom. The summed E-state index contributed by atoms with van der Waals surface area (Å²) < 4.78 is 5.32. The Morgan fingerprint density at radius 3 is 2.83 bits per heavy atom. The van der Waals surface area contributed by atoms with Gasteiger partial charge in [0.25, 0.3) is 0 Å². The number of phenolic OH excluding ortho intramolecular Hbond substituents is 1. The Balaban J connectivity index is 2.55. The van der Waals surface area contributed by atoms with E-state index in [-0.39, 0.29) is 11.5 Å². The summed E-state index contributed by atoms with van der Waals surface area (Å²) in [5, 5.41) is 9.56. The van der Waals surface area contributed by atoms with Crippen molar-refractivity contribution in [2.24, 2.45) is 0 Å². The van der Waals surface area contributed by atoms with Crippen molar-refractivity contribution in [1.82, 2.24) is 0 Å². The number of hydrogen-bond donors (Lipinski definition) is 1. The highest BCUT2D eigenvalue weighted by molar-refractivity contribution is 5.89.